The minimum Gasteiger partial charge on any atom is -0.478 e. The molecule has 2 rings (SSSR count). The monoisotopic (exact) mass is 288 g/mol. The first-order valence-corrected chi connectivity index (χ1v) is 6.59. The van der Waals surface area contributed by atoms with Gasteiger partial charge in [0.15, 0.2) is 0 Å². The predicted molar refractivity (Wildman–Crippen MR) is 81.1 cm³/mol. The molecule has 4 N–H and O–H groups in total. The molecular formula is C16H17FN2O2. The van der Waals surface area contributed by atoms with Crippen molar-refractivity contribution in [3.63, 3.8) is 0 Å². The first-order valence-electron chi connectivity index (χ1n) is 6.59. The van der Waals surface area contributed by atoms with Crippen LogP contribution in [0.25, 0.3) is 0 Å². The summed E-state index contributed by atoms with van der Waals surface area (Å²) in [6.07, 6.45) is 0.697. The van der Waals surface area contributed by atoms with Gasteiger partial charge < -0.3 is 16.2 Å². The molecule has 0 bridgehead atoms. The molecule has 0 radical (unpaired) electrons. The Labute approximate surface area is 122 Å². The number of nitrogen functional groups attached to an aromatic ring is 1. The van der Waals surface area contributed by atoms with Crippen LogP contribution in [0.15, 0.2) is 36.4 Å². The van der Waals surface area contributed by atoms with Gasteiger partial charge in [-0.15, -0.1) is 0 Å². The van der Waals surface area contributed by atoms with Gasteiger partial charge in [0.1, 0.15) is 5.82 Å². The van der Waals surface area contributed by atoms with Crippen LogP contribution in [-0.2, 0) is 6.42 Å². The highest BCUT2D eigenvalue weighted by atomic mass is 19.1. The van der Waals surface area contributed by atoms with Gasteiger partial charge in [0.2, 0.25) is 0 Å². The molecule has 4 nitrogen and oxygen atoms in total. The number of benzene rings is 2. The normalized spacial score (nSPS) is 10.4. The van der Waals surface area contributed by atoms with Crippen LogP contribution < -0.4 is 11.1 Å². The fourth-order valence-electron chi connectivity index (χ4n) is 2.11. The van der Waals surface area contributed by atoms with Crippen molar-refractivity contribution in [1.29, 1.82) is 0 Å². The smallest absolute Gasteiger partial charge is 0.335 e. The van der Waals surface area contributed by atoms with Gasteiger partial charge in [0, 0.05) is 6.54 Å². The third-order valence-corrected chi connectivity index (χ3v) is 3.31. The van der Waals surface area contributed by atoms with Crippen molar-refractivity contribution in [1.82, 2.24) is 0 Å². The van der Waals surface area contributed by atoms with E-state index < -0.39 is 5.97 Å². The summed E-state index contributed by atoms with van der Waals surface area (Å²) in [6.45, 7) is 2.44. The predicted octanol–water partition coefficient (Wildman–Crippen LogP) is 3.07. The highest BCUT2D eigenvalue weighted by Crippen LogP contribution is 2.20. The van der Waals surface area contributed by atoms with Crippen molar-refractivity contribution in [2.24, 2.45) is 0 Å². The molecule has 2 aromatic rings. The minimum absolute atomic E-state index is 0.185. The van der Waals surface area contributed by atoms with E-state index in [1.807, 2.05) is 6.92 Å². The highest BCUT2D eigenvalue weighted by molar-refractivity contribution is 5.90. The maximum atomic E-state index is 13.0. The standard InChI is InChI=1S/C16H17FN2O2/c1-10-8-13(17)4-2-11(10)6-7-19-15-9-12(16(20)21)3-5-14(15)18/h2-5,8-9,19H,6-7,18H2,1H3,(H,20,21). The Hall–Kier alpha value is -2.56. The fraction of sp³-hybridized carbons (Fsp3) is 0.188. The lowest BCUT2D eigenvalue weighted by atomic mass is 10.1. The van der Waals surface area contributed by atoms with Gasteiger partial charge in [0.25, 0.3) is 0 Å². The van der Waals surface area contributed by atoms with Crippen molar-refractivity contribution < 1.29 is 14.3 Å². The molecule has 0 aliphatic carbocycles. The number of hydrogen-bond acceptors (Lipinski definition) is 3. The van der Waals surface area contributed by atoms with E-state index in [-0.39, 0.29) is 11.4 Å². The maximum Gasteiger partial charge on any atom is 0.335 e. The molecule has 110 valence electrons. The molecule has 0 spiro atoms. The van der Waals surface area contributed by atoms with E-state index >= 15 is 0 Å². The Morgan fingerprint density at radius 3 is 2.71 bits per heavy atom. The van der Waals surface area contributed by atoms with Crippen LogP contribution in [0, 0.1) is 12.7 Å². The SMILES string of the molecule is Cc1cc(F)ccc1CCNc1cc(C(=O)O)ccc1N. The Balaban J connectivity index is 2.03. The second kappa shape index (κ2) is 6.26. The maximum absolute atomic E-state index is 13.0. The van der Waals surface area contributed by atoms with Crippen LogP contribution in [-0.4, -0.2) is 17.6 Å². The first kappa shape index (κ1) is 14.8. The van der Waals surface area contributed by atoms with Crippen LogP contribution >= 0.6 is 0 Å². The van der Waals surface area contributed by atoms with Gasteiger partial charge in [-0.05, 0) is 54.8 Å². The first-order chi connectivity index (χ1) is 9.97. The molecule has 21 heavy (non-hydrogen) atoms. The summed E-state index contributed by atoms with van der Waals surface area (Å²) in [5.74, 6) is -1.24. The van der Waals surface area contributed by atoms with Crippen LogP contribution in [0.5, 0.6) is 0 Å². The van der Waals surface area contributed by atoms with E-state index in [0.717, 1.165) is 11.1 Å². The highest BCUT2D eigenvalue weighted by Gasteiger charge is 2.07. The Morgan fingerprint density at radius 1 is 1.29 bits per heavy atom. The molecule has 0 atom stereocenters. The van der Waals surface area contributed by atoms with E-state index in [0.29, 0.717) is 24.3 Å². The number of halogens is 1. The van der Waals surface area contributed by atoms with Gasteiger partial charge in [0.05, 0.1) is 16.9 Å². The van der Waals surface area contributed by atoms with Crippen molar-refractivity contribution >= 4 is 17.3 Å². The molecular weight excluding hydrogens is 271 g/mol. The second-order valence-electron chi connectivity index (χ2n) is 4.85. The molecule has 0 amide bonds. The molecule has 5 heteroatoms. The third kappa shape index (κ3) is 3.72. The number of aryl methyl sites for hydroxylation is 1. The molecule has 0 saturated carbocycles. The third-order valence-electron chi connectivity index (χ3n) is 3.31. The summed E-state index contributed by atoms with van der Waals surface area (Å²) in [5.41, 5.74) is 9.02. The van der Waals surface area contributed by atoms with Crippen molar-refractivity contribution in [3.8, 4) is 0 Å². The molecule has 0 saturated heterocycles. The number of rotatable bonds is 5. The molecule has 0 aromatic heterocycles. The molecule has 0 unspecified atom stereocenters. The average molecular weight is 288 g/mol. The summed E-state index contributed by atoms with van der Waals surface area (Å²) >= 11 is 0. The van der Waals surface area contributed by atoms with Crippen LogP contribution in [0.2, 0.25) is 0 Å². The summed E-state index contributed by atoms with van der Waals surface area (Å²) in [5, 5.41) is 12.1. The van der Waals surface area contributed by atoms with E-state index in [1.165, 1.54) is 24.3 Å². The molecule has 0 aliphatic heterocycles. The zero-order valence-corrected chi connectivity index (χ0v) is 11.7. The topological polar surface area (TPSA) is 75.3 Å². The zero-order valence-electron chi connectivity index (χ0n) is 11.7. The quantitative estimate of drug-likeness (QED) is 0.739. The van der Waals surface area contributed by atoms with Crippen molar-refractivity contribution in [2.45, 2.75) is 13.3 Å². The van der Waals surface area contributed by atoms with E-state index in [4.69, 9.17) is 10.8 Å². The molecule has 0 fully saturated rings. The van der Waals surface area contributed by atoms with Gasteiger partial charge in [-0.3, -0.25) is 0 Å². The minimum atomic E-state index is -0.993. The number of aromatic carboxylic acids is 1. The summed E-state index contributed by atoms with van der Waals surface area (Å²) in [6, 6.07) is 9.22. The van der Waals surface area contributed by atoms with Crippen molar-refractivity contribution in [3.05, 3.63) is 58.9 Å². The average Bonchev–Trinajstić information content (AvgIpc) is 2.43. The fourth-order valence-corrected chi connectivity index (χ4v) is 2.11. The second-order valence-corrected chi connectivity index (χ2v) is 4.85. The largest absolute Gasteiger partial charge is 0.478 e. The van der Waals surface area contributed by atoms with E-state index in [1.54, 1.807) is 12.1 Å². The Morgan fingerprint density at radius 2 is 2.05 bits per heavy atom. The summed E-state index contributed by atoms with van der Waals surface area (Å²) < 4.78 is 13.0. The zero-order chi connectivity index (χ0) is 15.4. The summed E-state index contributed by atoms with van der Waals surface area (Å²) in [4.78, 5) is 10.9. The number of nitrogens with two attached hydrogens (primary N) is 1. The number of hydrogen-bond donors (Lipinski definition) is 3. The van der Waals surface area contributed by atoms with E-state index in [9.17, 15) is 9.18 Å². The molecule has 0 heterocycles. The lowest BCUT2D eigenvalue weighted by Gasteiger charge is -2.11. The number of carbonyl (C=O) groups is 1. The summed E-state index contributed by atoms with van der Waals surface area (Å²) in [7, 11) is 0. The number of anilines is 2. The molecule has 0 aliphatic rings. The lowest BCUT2D eigenvalue weighted by molar-refractivity contribution is 0.0697. The molecule has 2 aromatic carbocycles. The Bertz CT molecular complexity index is 671. The lowest BCUT2D eigenvalue weighted by Crippen LogP contribution is -2.09. The van der Waals surface area contributed by atoms with Gasteiger partial charge in [-0.25, -0.2) is 9.18 Å². The number of nitrogens with one attached hydrogen (secondary N) is 1. The van der Waals surface area contributed by atoms with Crippen LogP contribution in [0.3, 0.4) is 0 Å². The van der Waals surface area contributed by atoms with Crippen molar-refractivity contribution in [2.75, 3.05) is 17.6 Å². The van der Waals surface area contributed by atoms with Crippen LogP contribution in [0.1, 0.15) is 21.5 Å². The van der Waals surface area contributed by atoms with Gasteiger partial charge >= 0.3 is 5.97 Å². The van der Waals surface area contributed by atoms with Gasteiger partial charge in [-0.1, -0.05) is 6.07 Å². The Kier molecular flexibility index (Phi) is 4.42. The van der Waals surface area contributed by atoms with E-state index in [2.05, 4.69) is 5.32 Å². The number of carboxylic acids is 1. The van der Waals surface area contributed by atoms with Crippen LogP contribution in [0.4, 0.5) is 15.8 Å². The van der Waals surface area contributed by atoms with Gasteiger partial charge in [-0.2, -0.15) is 0 Å². The number of carboxylic acid groups (broad SMARTS) is 1.